The number of nitriles is 1. The van der Waals surface area contributed by atoms with E-state index in [0.717, 1.165) is 10.2 Å². The molecule has 0 aliphatic carbocycles. The predicted octanol–water partition coefficient (Wildman–Crippen LogP) is 3.42. The number of aromatic nitrogens is 1. The summed E-state index contributed by atoms with van der Waals surface area (Å²) in [6, 6.07) is 16.3. The summed E-state index contributed by atoms with van der Waals surface area (Å²) in [5.41, 5.74) is 1.77. The van der Waals surface area contributed by atoms with E-state index in [0.29, 0.717) is 16.3 Å². The van der Waals surface area contributed by atoms with Gasteiger partial charge in [-0.3, -0.25) is 10.1 Å². The van der Waals surface area contributed by atoms with Crippen molar-refractivity contribution in [1.82, 2.24) is 4.98 Å². The van der Waals surface area contributed by atoms with Gasteiger partial charge in [-0.05, 0) is 30.3 Å². The summed E-state index contributed by atoms with van der Waals surface area (Å²) in [4.78, 5) is 16.4. The van der Waals surface area contributed by atoms with Crippen LogP contribution in [0.4, 0.5) is 5.13 Å². The van der Waals surface area contributed by atoms with E-state index in [1.54, 1.807) is 24.3 Å². The van der Waals surface area contributed by atoms with Crippen LogP contribution in [0.25, 0.3) is 10.2 Å². The van der Waals surface area contributed by atoms with Crippen molar-refractivity contribution in [3.63, 3.8) is 0 Å². The Hall–Kier alpha value is -2.71. The first kappa shape index (κ1) is 12.3. The van der Waals surface area contributed by atoms with Crippen molar-refractivity contribution >= 4 is 32.6 Å². The number of benzene rings is 2. The van der Waals surface area contributed by atoms with Gasteiger partial charge in [0.15, 0.2) is 5.13 Å². The summed E-state index contributed by atoms with van der Waals surface area (Å²) in [7, 11) is 0. The molecule has 0 bridgehead atoms. The maximum atomic E-state index is 12.1. The predicted molar refractivity (Wildman–Crippen MR) is 78.7 cm³/mol. The zero-order chi connectivity index (χ0) is 13.9. The Morgan fingerprint density at radius 2 is 2.05 bits per heavy atom. The maximum absolute atomic E-state index is 12.1. The Kier molecular flexibility index (Phi) is 3.15. The Balaban J connectivity index is 1.86. The average molecular weight is 279 g/mol. The zero-order valence-electron chi connectivity index (χ0n) is 10.3. The molecule has 96 valence electrons. The van der Waals surface area contributed by atoms with E-state index in [1.807, 2.05) is 30.3 Å². The van der Waals surface area contributed by atoms with Crippen LogP contribution in [0.2, 0.25) is 0 Å². The van der Waals surface area contributed by atoms with Gasteiger partial charge in [0.2, 0.25) is 0 Å². The zero-order valence-corrected chi connectivity index (χ0v) is 11.1. The number of para-hydroxylation sites is 1. The average Bonchev–Trinajstić information content (AvgIpc) is 2.89. The number of nitrogens with one attached hydrogen (secondary N) is 1. The summed E-state index contributed by atoms with van der Waals surface area (Å²) < 4.78 is 1.02. The van der Waals surface area contributed by atoms with Crippen LogP contribution in [0.15, 0.2) is 48.5 Å². The lowest BCUT2D eigenvalue weighted by Gasteiger charge is -2.01. The Morgan fingerprint density at radius 3 is 2.85 bits per heavy atom. The molecule has 3 rings (SSSR count). The largest absolute Gasteiger partial charge is 0.298 e. The van der Waals surface area contributed by atoms with Crippen LogP contribution in [-0.4, -0.2) is 10.9 Å². The molecule has 0 aliphatic rings. The second-order valence-corrected chi connectivity index (χ2v) is 5.16. The number of thiazole rings is 1. The van der Waals surface area contributed by atoms with Gasteiger partial charge in [-0.25, -0.2) is 4.98 Å². The van der Waals surface area contributed by atoms with Crippen molar-refractivity contribution in [3.05, 3.63) is 59.7 Å². The lowest BCUT2D eigenvalue weighted by molar-refractivity contribution is 0.102. The van der Waals surface area contributed by atoms with Crippen LogP contribution in [-0.2, 0) is 0 Å². The molecule has 0 spiro atoms. The molecule has 3 aromatic rings. The number of rotatable bonds is 2. The summed E-state index contributed by atoms with van der Waals surface area (Å²) in [5.74, 6) is -0.263. The number of nitrogens with zero attached hydrogens (tertiary/aromatic N) is 2. The lowest BCUT2D eigenvalue weighted by atomic mass is 10.1. The van der Waals surface area contributed by atoms with Crippen LogP contribution in [0.3, 0.4) is 0 Å². The van der Waals surface area contributed by atoms with E-state index < -0.39 is 0 Å². The Labute approximate surface area is 119 Å². The third-order valence-corrected chi connectivity index (χ3v) is 3.72. The fourth-order valence-electron chi connectivity index (χ4n) is 1.82. The maximum Gasteiger partial charge on any atom is 0.257 e. The number of carbonyl (C=O) groups excluding carboxylic acids is 1. The topological polar surface area (TPSA) is 65.8 Å². The quantitative estimate of drug-likeness (QED) is 0.781. The highest BCUT2D eigenvalue weighted by atomic mass is 32.1. The van der Waals surface area contributed by atoms with Gasteiger partial charge in [-0.1, -0.05) is 29.5 Å². The van der Waals surface area contributed by atoms with Gasteiger partial charge in [-0.15, -0.1) is 0 Å². The first-order chi connectivity index (χ1) is 9.76. The second kappa shape index (κ2) is 5.11. The summed E-state index contributed by atoms with van der Waals surface area (Å²) in [6.07, 6.45) is 0. The molecule has 0 fully saturated rings. The van der Waals surface area contributed by atoms with Crippen molar-refractivity contribution in [2.75, 3.05) is 5.32 Å². The van der Waals surface area contributed by atoms with Gasteiger partial charge < -0.3 is 0 Å². The Bertz CT molecular complexity index is 799. The summed E-state index contributed by atoms with van der Waals surface area (Å²) in [6.45, 7) is 0. The highest BCUT2D eigenvalue weighted by molar-refractivity contribution is 7.22. The van der Waals surface area contributed by atoms with Crippen LogP contribution in [0, 0.1) is 11.3 Å². The fourth-order valence-corrected chi connectivity index (χ4v) is 2.69. The lowest BCUT2D eigenvalue weighted by Crippen LogP contribution is -2.11. The first-order valence-corrected chi connectivity index (χ1v) is 6.75. The number of carbonyl (C=O) groups is 1. The van der Waals surface area contributed by atoms with Crippen molar-refractivity contribution in [2.45, 2.75) is 0 Å². The van der Waals surface area contributed by atoms with Gasteiger partial charge in [-0.2, -0.15) is 5.26 Å². The molecular weight excluding hydrogens is 270 g/mol. The molecule has 0 unspecified atom stereocenters. The normalized spacial score (nSPS) is 10.2. The molecule has 0 radical (unpaired) electrons. The highest BCUT2D eigenvalue weighted by Crippen LogP contribution is 2.25. The molecule has 4 nitrogen and oxygen atoms in total. The fraction of sp³-hybridized carbons (Fsp3) is 0. The van der Waals surface area contributed by atoms with E-state index in [2.05, 4.69) is 10.3 Å². The van der Waals surface area contributed by atoms with Gasteiger partial charge >= 0.3 is 0 Å². The van der Waals surface area contributed by atoms with Gasteiger partial charge in [0.05, 0.1) is 21.8 Å². The van der Waals surface area contributed by atoms with E-state index in [4.69, 9.17) is 5.26 Å². The smallest absolute Gasteiger partial charge is 0.257 e. The van der Waals surface area contributed by atoms with E-state index in [1.165, 1.54) is 11.3 Å². The SMILES string of the molecule is N#Cc1cccc(C(=O)Nc2nc3ccccc3s2)c1. The van der Waals surface area contributed by atoms with E-state index in [-0.39, 0.29) is 5.91 Å². The Morgan fingerprint density at radius 1 is 1.20 bits per heavy atom. The molecule has 1 amide bonds. The molecule has 0 saturated carbocycles. The monoisotopic (exact) mass is 279 g/mol. The van der Waals surface area contributed by atoms with Gasteiger partial charge in [0, 0.05) is 5.56 Å². The third kappa shape index (κ3) is 2.37. The van der Waals surface area contributed by atoms with Crippen LogP contribution in [0.1, 0.15) is 15.9 Å². The van der Waals surface area contributed by atoms with Crippen LogP contribution < -0.4 is 5.32 Å². The molecule has 0 aliphatic heterocycles. The van der Waals surface area contributed by atoms with Gasteiger partial charge in [0.25, 0.3) is 5.91 Å². The standard InChI is InChI=1S/C15H9N3OS/c16-9-10-4-3-5-11(8-10)14(19)18-15-17-12-6-1-2-7-13(12)20-15/h1-8H,(H,17,18,19). The minimum absolute atomic E-state index is 0.263. The van der Waals surface area contributed by atoms with Crippen molar-refractivity contribution < 1.29 is 4.79 Å². The van der Waals surface area contributed by atoms with Crippen LogP contribution >= 0.6 is 11.3 Å². The number of hydrogen-bond donors (Lipinski definition) is 1. The first-order valence-electron chi connectivity index (χ1n) is 5.93. The number of hydrogen-bond acceptors (Lipinski definition) is 4. The molecule has 5 heteroatoms. The molecule has 0 saturated heterocycles. The molecule has 1 N–H and O–H groups in total. The molecule has 1 aromatic heterocycles. The van der Waals surface area contributed by atoms with Gasteiger partial charge in [0.1, 0.15) is 0 Å². The third-order valence-electron chi connectivity index (χ3n) is 2.77. The molecule has 2 aromatic carbocycles. The van der Waals surface area contributed by atoms with Crippen molar-refractivity contribution in [2.24, 2.45) is 0 Å². The number of fused-ring (bicyclic) bond motifs is 1. The number of amides is 1. The minimum atomic E-state index is -0.263. The summed E-state index contributed by atoms with van der Waals surface area (Å²) >= 11 is 1.42. The van der Waals surface area contributed by atoms with E-state index in [9.17, 15) is 4.79 Å². The van der Waals surface area contributed by atoms with Crippen LogP contribution in [0.5, 0.6) is 0 Å². The number of anilines is 1. The molecular formula is C15H9N3OS. The second-order valence-electron chi connectivity index (χ2n) is 4.13. The summed E-state index contributed by atoms with van der Waals surface area (Å²) in [5, 5.41) is 12.1. The highest BCUT2D eigenvalue weighted by Gasteiger charge is 2.10. The molecule has 1 heterocycles. The molecule has 20 heavy (non-hydrogen) atoms. The van der Waals surface area contributed by atoms with Crippen molar-refractivity contribution in [1.29, 1.82) is 5.26 Å². The van der Waals surface area contributed by atoms with Crippen molar-refractivity contribution in [3.8, 4) is 6.07 Å². The minimum Gasteiger partial charge on any atom is -0.298 e. The van der Waals surface area contributed by atoms with E-state index >= 15 is 0 Å². The molecule has 0 atom stereocenters.